The highest BCUT2D eigenvalue weighted by molar-refractivity contribution is 6.03. The van der Waals surface area contributed by atoms with Gasteiger partial charge in [0, 0.05) is 12.0 Å². The summed E-state index contributed by atoms with van der Waals surface area (Å²) in [6.07, 6.45) is 0.643. The van der Waals surface area contributed by atoms with E-state index >= 15 is 0 Å². The Balaban J connectivity index is 1.70. The Labute approximate surface area is 158 Å². The average Bonchev–Trinajstić information content (AvgIpc) is 3.15. The van der Waals surface area contributed by atoms with Crippen molar-refractivity contribution in [1.82, 2.24) is 0 Å². The maximum absolute atomic E-state index is 14.5. The van der Waals surface area contributed by atoms with Gasteiger partial charge < -0.3 is 4.74 Å². The molecule has 1 aliphatic rings. The molecule has 136 valence electrons. The summed E-state index contributed by atoms with van der Waals surface area (Å²) >= 11 is 0. The molecule has 0 aromatic heterocycles. The highest BCUT2D eigenvalue weighted by Gasteiger charge is 2.31. The van der Waals surface area contributed by atoms with E-state index in [4.69, 9.17) is 9.84 Å². The summed E-state index contributed by atoms with van der Waals surface area (Å²) in [5.41, 5.74) is 3.58. The van der Waals surface area contributed by atoms with Crippen molar-refractivity contribution in [2.45, 2.75) is 19.4 Å². The Morgan fingerprint density at radius 3 is 2.37 bits per heavy atom. The lowest BCUT2D eigenvalue weighted by Crippen LogP contribution is -2.19. The van der Waals surface area contributed by atoms with Gasteiger partial charge in [0.2, 0.25) is 0 Å². The molecular weight excluding hydrogens is 339 g/mol. The topological polar surface area (TPSA) is 24.8 Å². The van der Waals surface area contributed by atoms with E-state index in [0.29, 0.717) is 18.6 Å². The zero-order valence-electron chi connectivity index (χ0n) is 15.2. The second-order valence-electron chi connectivity index (χ2n) is 6.43. The van der Waals surface area contributed by atoms with Gasteiger partial charge in [-0.15, -0.1) is 0 Å². The highest BCUT2D eigenvalue weighted by atomic mass is 19.1. The lowest BCUT2D eigenvalue weighted by molar-refractivity contribution is 0.340. The molecule has 1 atom stereocenters. The van der Waals surface area contributed by atoms with E-state index in [1.807, 2.05) is 78.7 Å². The molecule has 3 nitrogen and oxygen atoms in total. The van der Waals surface area contributed by atoms with Crippen LogP contribution >= 0.6 is 0 Å². The zero-order chi connectivity index (χ0) is 18.6. The largest absolute Gasteiger partial charge is 0.494 e. The van der Waals surface area contributed by atoms with Gasteiger partial charge in [0.05, 0.1) is 24.0 Å². The Hall–Kier alpha value is -3.14. The molecule has 1 aliphatic heterocycles. The van der Waals surface area contributed by atoms with Gasteiger partial charge in [0.25, 0.3) is 0 Å². The third-order valence-electron chi connectivity index (χ3n) is 4.69. The molecule has 0 saturated heterocycles. The average molecular weight is 360 g/mol. The molecule has 0 fully saturated rings. The minimum absolute atomic E-state index is 0.171. The third kappa shape index (κ3) is 3.56. The quantitative estimate of drug-likeness (QED) is 0.593. The van der Waals surface area contributed by atoms with Crippen LogP contribution in [0.2, 0.25) is 0 Å². The molecule has 1 unspecified atom stereocenters. The molecule has 0 saturated carbocycles. The fourth-order valence-corrected chi connectivity index (χ4v) is 3.40. The minimum Gasteiger partial charge on any atom is -0.494 e. The number of para-hydroxylation sites is 1. The van der Waals surface area contributed by atoms with Crippen molar-refractivity contribution in [3.8, 4) is 5.75 Å². The fraction of sp³-hybridized carbons (Fsp3) is 0.174. The summed E-state index contributed by atoms with van der Waals surface area (Å²) in [4.78, 5) is 0. The third-order valence-corrected chi connectivity index (χ3v) is 4.69. The zero-order valence-corrected chi connectivity index (χ0v) is 15.2. The van der Waals surface area contributed by atoms with Crippen LogP contribution < -0.4 is 9.75 Å². The van der Waals surface area contributed by atoms with E-state index in [1.165, 1.54) is 6.07 Å². The van der Waals surface area contributed by atoms with Gasteiger partial charge in [-0.2, -0.15) is 5.10 Å². The van der Waals surface area contributed by atoms with E-state index in [9.17, 15) is 4.39 Å². The molecule has 0 radical (unpaired) electrons. The molecule has 0 N–H and O–H groups in total. The van der Waals surface area contributed by atoms with E-state index < -0.39 is 0 Å². The number of rotatable bonds is 5. The van der Waals surface area contributed by atoms with Crippen molar-refractivity contribution in [2.24, 2.45) is 5.10 Å². The van der Waals surface area contributed by atoms with E-state index in [0.717, 1.165) is 22.7 Å². The van der Waals surface area contributed by atoms with Crippen LogP contribution in [0, 0.1) is 5.82 Å². The summed E-state index contributed by atoms with van der Waals surface area (Å²) in [6.45, 7) is 2.60. The summed E-state index contributed by atoms with van der Waals surface area (Å²) in [5, 5.41) is 6.77. The fourth-order valence-electron chi connectivity index (χ4n) is 3.40. The summed E-state index contributed by atoms with van der Waals surface area (Å²) in [6, 6.07) is 24.6. The number of benzene rings is 3. The summed E-state index contributed by atoms with van der Waals surface area (Å²) in [7, 11) is 0. The van der Waals surface area contributed by atoms with Gasteiger partial charge in [0.1, 0.15) is 11.6 Å². The maximum atomic E-state index is 14.5. The van der Waals surface area contributed by atoms with Crippen LogP contribution in [0.3, 0.4) is 0 Å². The molecule has 27 heavy (non-hydrogen) atoms. The van der Waals surface area contributed by atoms with Crippen molar-refractivity contribution in [1.29, 1.82) is 0 Å². The van der Waals surface area contributed by atoms with Crippen LogP contribution in [0.1, 0.15) is 30.5 Å². The summed E-state index contributed by atoms with van der Waals surface area (Å²) < 4.78 is 20.0. The molecule has 0 aliphatic carbocycles. The second kappa shape index (κ2) is 7.62. The first-order valence-corrected chi connectivity index (χ1v) is 9.15. The van der Waals surface area contributed by atoms with Crippen LogP contribution in [-0.2, 0) is 0 Å². The van der Waals surface area contributed by atoms with Crippen LogP contribution in [0.4, 0.5) is 10.1 Å². The Morgan fingerprint density at radius 2 is 1.67 bits per heavy atom. The Bertz CT molecular complexity index is 938. The number of ether oxygens (including phenoxy) is 1. The van der Waals surface area contributed by atoms with Gasteiger partial charge in [0.15, 0.2) is 0 Å². The molecule has 1 heterocycles. The highest BCUT2D eigenvalue weighted by Crippen LogP contribution is 2.37. The van der Waals surface area contributed by atoms with Gasteiger partial charge in [-0.25, -0.2) is 4.39 Å². The van der Waals surface area contributed by atoms with Gasteiger partial charge in [-0.05, 0) is 55.0 Å². The molecule has 3 aromatic carbocycles. The van der Waals surface area contributed by atoms with Crippen LogP contribution in [0.25, 0.3) is 0 Å². The van der Waals surface area contributed by atoms with Crippen molar-refractivity contribution in [3.63, 3.8) is 0 Å². The lowest BCUT2D eigenvalue weighted by Gasteiger charge is -2.24. The lowest BCUT2D eigenvalue weighted by atomic mass is 9.97. The van der Waals surface area contributed by atoms with Crippen LogP contribution in [0.5, 0.6) is 5.75 Å². The molecular formula is C23H21FN2O. The van der Waals surface area contributed by atoms with Gasteiger partial charge >= 0.3 is 0 Å². The molecule has 0 amide bonds. The van der Waals surface area contributed by atoms with Gasteiger partial charge in [-0.1, -0.05) is 36.4 Å². The molecule has 0 spiro atoms. The Kier molecular flexibility index (Phi) is 4.88. The number of hydrogen-bond acceptors (Lipinski definition) is 3. The predicted molar refractivity (Wildman–Crippen MR) is 107 cm³/mol. The SMILES string of the molecule is CCOc1ccc(C2=NN(c3ccccc3)C(c3ccccc3F)C2)cc1. The predicted octanol–water partition coefficient (Wildman–Crippen LogP) is 5.58. The molecule has 4 rings (SSSR count). The molecule has 0 bridgehead atoms. The number of halogens is 1. The molecule has 3 aromatic rings. The van der Waals surface area contributed by atoms with Crippen molar-refractivity contribution in [2.75, 3.05) is 11.6 Å². The van der Waals surface area contributed by atoms with E-state index in [2.05, 4.69) is 0 Å². The van der Waals surface area contributed by atoms with Crippen molar-refractivity contribution >= 4 is 11.4 Å². The standard InChI is InChI=1S/C23H21FN2O/c1-2-27-19-14-12-17(13-15-19)22-16-23(20-10-6-7-11-21(20)24)26(25-22)18-8-4-3-5-9-18/h3-15,23H,2,16H2,1H3. The van der Waals surface area contributed by atoms with Crippen LogP contribution in [0.15, 0.2) is 84.0 Å². The Morgan fingerprint density at radius 1 is 0.963 bits per heavy atom. The normalized spacial score (nSPS) is 16.3. The number of nitrogens with zero attached hydrogens (tertiary/aromatic N) is 2. The number of hydrogen-bond donors (Lipinski definition) is 0. The van der Waals surface area contributed by atoms with E-state index in [-0.39, 0.29) is 11.9 Å². The first-order chi connectivity index (χ1) is 13.3. The first-order valence-electron chi connectivity index (χ1n) is 9.15. The van der Waals surface area contributed by atoms with Crippen molar-refractivity contribution in [3.05, 3.63) is 95.8 Å². The first kappa shape index (κ1) is 17.3. The van der Waals surface area contributed by atoms with E-state index in [1.54, 1.807) is 6.07 Å². The van der Waals surface area contributed by atoms with Crippen molar-refractivity contribution < 1.29 is 9.13 Å². The van der Waals surface area contributed by atoms with Gasteiger partial charge in [-0.3, -0.25) is 5.01 Å². The number of anilines is 1. The smallest absolute Gasteiger partial charge is 0.128 e. The molecule has 4 heteroatoms. The number of hydrazone groups is 1. The maximum Gasteiger partial charge on any atom is 0.128 e. The minimum atomic E-state index is -0.202. The second-order valence-corrected chi connectivity index (χ2v) is 6.43. The monoisotopic (exact) mass is 360 g/mol. The summed E-state index contributed by atoms with van der Waals surface area (Å²) in [5.74, 6) is 0.636. The van der Waals surface area contributed by atoms with Crippen LogP contribution in [-0.4, -0.2) is 12.3 Å².